The summed E-state index contributed by atoms with van der Waals surface area (Å²) in [5.41, 5.74) is 1.25. The van der Waals surface area contributed by atoms with Crippen molar-refractivity contribution < 1.29 is 39.8 Å². The van der Waals surface area contributed by atoms with Gasteiger partial charge >= 0.3 is 0 Å². The summed E-state index contributed by atoms with van der Waals surface area (Å²) in [4.78, 5) is 0.0644. The lowest BCUT2D eigenvalue weighted by Gasteiger charge is -2.09. The van der Waals surface area contributed by atoms with Gasteiger partial charge in [0.2, 0.25) is 5.76 Å². The van der Waals surface area contributed by atoms with Gasteiger partial charge in [-0.3, -0.25) is 9.44 Å². The predicted octanol–water partition coefficient (Wildman–Crippen LogP) is 6.71. The van der Waals surface area contributed by atoms with E-state index in [0.717, 1.165) is 0 Å². The number of sulfonamides is 2. The number of halogens is 2. The summed E-state index contributed by atoms with van der Waals surface area (Å²) in [7, 11) is -7.86. The lowest BCUT2D eigenvalue weighted by atomic mass is 10.1. The van der Waals surface area contributed by atoms with Crippen molar-refractivity contribution in [1.82, 2.24) is 10.3 Å². The van der Waals surface area contributed by atoms with E-state index in [2.05, 4.69) is 24.3 Å². The van der Waals surface area contributed by atoms with Gasteiger partial charge in [-0.25, -0.2) is 25.6 Å². The van der Waals surface area contributed by atoms with Crippen molar-refractivity contribution in [2.75, 3.05) is 9.44 Å². The SMILES string of the molecule is O=S(=O)(Nc1c(-c2ccccc2)noc1C(F)F)c1ccccc1.O=S(=O)(Nc1c(-c2ccccc2)noc1CO)c1ccccc1. The van der Waals surface area contributed by atoms with Gasteiger partial charge in [-0.05, 0) is 24.3 Å². The Balaban J connectivity index is 0.000000185. The van der Waals surface area contributed by atoms with Crippen LogP contribution in [0.2, 0.25) is 0 Å². The molecule has 6 rings (SSSR count). The average molecular weight is 681 g/mol. The number of aliphatic hydroxyl groups excluding tert-OH is 1. The van der Waals surface area contributed by atoms with Gasteiger partial charge in [-0.15, -0.1) is 0 Å². The van der Waals surface area contributed by atoms with Crippen LogP contribution in [0.25, 0.3) is 22.5 Å². The molecule has 0 spiro atoms. The molecule has 2 aromatic heterocycles. The molecule has 0 atom stereocenters. The summed E-state index contributed by atoms with van der Waals surface area (Å²) in [6.07, 6.45) is -3.01. The van der Waals surface area contributed by atoms with Crippen molar-refractivity contribution >= 4 is 31.4 Å². The summed E-state index contributed by atoms with van der Waals surface area (Å²) < 4.78 is 90.5. The zero-order valence-corrected chi connectivity index (χ0v) is 25.8. The molecule has 242 valence electrons. The van der Waals surface area contributed by atoms with Crippen LogP contribution in [0, 0.1) is 0 Å². The molecule has 0 saturated heterocycles. The third kappa shape index (κ3) is 7.71. The van der Waals surface area contributed by atoms with E-state index in [1.807, 2.05) is 6.07 Å². The molecule has 0 radical (unpaired) electrons. The van der Waals surface area contributed by atoms with E-state index in [1.165, 1.54) is 36.4 Å². The maximum atomic E-state index is 13.2. The number of benzene rings is 4. The minimum absolute atomic E-state index is 0.00501. The molecule has 0 saturated carbocycles. The summed E-state index contributed by atoms with van der Waals surface area (Å²) >= 11 is 0. The summed E-state index contributed by atoms with van der Waals surface area (Å²) in [6, 6.07) is 32.7. The number of anilines is 2. The molecular weight excluding hydrogens is 655 g/mol. The molecule has 0 bridgehead atoms. The van der Waals surface area contributed by atoms with Crippen LogP contribution >= 0.6 is 0 Å². The first-order valence-corrected chi connectivity index (χ1v) is 16.7. The van der Waals surface area contributed by atoms with Gasteiger partial charge in [0, 0.05) is 11.1 Å². The van der Waals surface area contributed by atoms with Gasteiger partial charge in [0.15, 0.2) is 5.76 Å². The largest absolute Gasteiger partial charge is 0.388 e. The number of aromatic nitrogens is 2. The zero-order valence-electron chi connectivity index (χ0n) is 24.2. The number of hydrogen-bond acceptors (Lipinski definition) is 9. The molecule has 0 aliphatic carbocycles. The minimum atomic E-state index is -4.05. The second kappa shape index (κ2) is 14.4. The quantitative estimate of drug-likeness (QED) is 0.143. The first kappa shape index (κ1) is 33.0. The maximum Gasteiger partial charge on any atom is 0.300 e. The molecular formula is C32H26F2N4O7S2. The molecule has 11 nitrogen and oxygen atoms in total. The highest BCUT2D eigenvalue weighted by molar-refractivity contribution is 7.93. The van der Waals surface area contributed by atoms with Crippen LogP contribution in [0.15, 0.2) is 140 Å². The number of nitrogens with zero attached hydrogens (tertiary/aromatic N) is 2. The zero-order chi connectivity index (χ0) is 33.4. The monoisotopic (exact) mass is 680 g/mol. The van der Waals surface area contributed by atoms with E-state index < -0.39 is 38.8 Å². The van der Waals surface area contributed by atoms with E-state index in [4.69, 9.17) is 4.52 Å². The molecule has 47 heavy (non-hydrogen) atoms. The van der Waals surface area contributed by atoms with Crippen molar-refractivity contribution in [2.45, 2.75) is 22.8 Å². The van der Waals surface area contributed by atoms with Crippen LogP contribution < -0.4 is 9.44 Å². The van der Waals surface area contributed by atoms with E-state index in [0.29, 0.717) is 16.8 Å². The van der Waals surface area contributed by atoms with Gasteiger partial charge in [-0.2, -0.15) is 0 Å². The van der Waals surface area contributed by atoms with Crippen molar-refractivity contribution in [1.29, 1.82) is 0 Å². The lowest BCUT2D eigenvalue weighted by Crippen LogP contribution is -2.14. The Labute approximate surface area is 268 Å². The minimum Gasteiger partial charge on any atom is -0.388 e. The van der Waals surface area contributed by atoms with Crippen molar-refractivity contribution in [3.63, 3.8) is 0 Å². The first-order chi connectivity index (χ1) is 22.6. The molecule has 0 fully saturated rings. The van der Waals surface area contributed by atoms with Crippen molar-refractivity contribution in [3.8, 4) is 22.5 Å². The highest BCUT2D eigenvalue weighted by atomic mass is 32.2. The van der Waals surface area contributed by atoms with E-state index in [9.17, 15) is 30.7 Å². The molecule has 15 heteroatoms. The van der Waals surface area contributed by atoms with Crippen LogP contribution in [-0.4, -0.2) is 32.3 Å². The van der Waals surface area contributed by atoms with E-state index in [-0.39, 0.29) is 32.6 Å². The highest BCUT2D eigenvalue weighted by Gasteiger charge is 2.28. The topological polar surface area (TPSA) is 165 Å². The van der Waals surface area contributed by atoms with Crippen LogP contribution in [0.1, 0.15) is 17.9 Å². The average Bonchev–Trinajstić information content (AvgIpc) is 3.70. The van der Waals surface area contributed by atoms with E-state index >= 15 is 0 Å². The molecule has 0 amide bonds. The van der Waals surface area contributed by atoms with E-state index in [1.54, 1.807) is 78.9 Å². The fraction of sp³-hybridized carbons (Fsp3) is 0.0625. The molecule has 0 aliphatic rings. The Kier molecular flexibility index (Phi) is 10.1. The van der Waals surface area contributed by atoms with Gasteiger partial charge in [0.1, 0.15) is 29.4 Å². The molecule has 0 unspecified atom stereocenters. The third-order valence-corrected chi connectivity index (χ3v) is 9.23. The third-order valence-electron chi connectivity index (χ3n) is 6.50. The summed E-state index contributed by atoms with van der Waals surface area (Å²) in [5, 5.41) is 16.9. The summed E-state index contributed by atoms with van der Waals surface area (Å²) in [5.74, 6) is -0.767. The molecule has 3 N–H and O–H groups in total. The second-order valence-corrected chi connectivity index (χ2v) is 13.0. The Morgan fingerprint density at radius 1 is 0.596 bits per heavy atom. The van der Waals surface area contributed by atoms with Gasteiger partial charge < -0.3 is 14.2 Å². The van der Waals surface area contributed by atoms with Crippen LogP contribution in [0.4, 0.5) is 20.2 Å². The number of hydrogen-bond donors (Lipinski definition) is 3. The Bertz CT molecular complexity index is 2130. The smallest absolute Gasteiger partial charge is 0.300 e. The second-order valence-electron chi connectivity index (χ2n) is 9.63. The van der Waals surface area contributed by atoms with Gasteiger partial charge in [-0.1, -0.05) is 107 Å². The Morgan fingerprint density at radius 2 is 0.979 bits per heavy atom. The van der Waals surface area contributed by atoms with Crippen molar-refractivity contribution in [2.24, 2.45) is 0 Å². The fourth-order valence-electron chi connectivity index (χ4n) is 4.26. The standard InChI is InChI=1S/C16H12F2N2O3S.C16H14N2O4S/c17-16(18)15-14(13(19-23-15)11-7-3-1-4-8-11)20-24(21,22)12-9-5-2-6-10-12;19-11-14-16(15(17-22-14)12-7-3-1-4-8-12)18-23(20,21)13-9-5-2-6-10-13/h1-10,16,20H;1-10,18-19H,11H2. The first-order valence-electron chi connectivity index (χ1n) is 13.7. The molecule has 6 aromatic rings. The molecule has 0 aliphatic heterocycles. The number of aliphatic hydroxyl groups is 1. The van der Waals surface area contributed by atoms with Crippen molar-refractivity contribution in [3.05, 3.63) is 133 Å². The summed E-state index contributed by atoms with van der Waals surface area (Å²) in [6.45, 7) is -0.466. The van der Waals surface area contributed by atoms with Gasteiger partial charge in [0.25, 0.3) is 26.5 Å². The Hall–Kier alpha value is -5.38. The van der Waals surface area contributed by atoms with Crippen LogP contribution in [0.3, 0.4) is 0 Å². The number of nitrogens with one attached hydrogen (secondary N) is 2. The molecule has 2 heterocycles. The predicted molar refractivity (Wildman–Crippen MR) is 169 cm³/mol. The molecule has 4 aromatic carbocycles. The Morgan fingerprint density at radius 3 is 1.40 bits per heavy atom. The number of rotatable bonds is 10. The van der Waals surface area contributed by atoms with Gasteiger partial charge in [0.05, 0.1) is 9.79 Å². The van der Waals surface area contributed by atoms with Crippen LogP contribution in [-0.2, 0) is 26.7 Å². The number of alkyl halides is 2. The normalized spacial score (nSPS) is 11.5. The lowest BCUT2D eigenvalue weighted by molar-refractivity contribution is 0.113. The fourth-order valence-corrected chi connectivity index (χ4v) is 6.47. The highest BCUT2D eigenvalue weighted by Crippen LogP contribution is 2.37. The maximum absolute atomic E-state index is 13.2. The van der Waals surface area contributed by atoms with Crippen LogP contribution in [0.5, 0.6) is 0 Å².